The van der Waals surface area contributed by atoms with Crippen LogP contribution in [-0.4, -0.2) is 4.57 Å². The molecular weight excluding hydrogens is 737 g/mol. The molecule has 0 bridgehead atoms. The summed E-state index contributed by atoms with van der Waals surface area (Å²) in [5.74, 6) is 0. The molecule has 8 aromatic carbocycles. The Hall–Kier alpha value is -6.90. The molecule has 0 amide bonds. The summed E-state index contributed by atoms with van der Waals surface area (Å²) >= 11 is 0. The highest BCUT2D eigenvalue weighted by Gasteiger charge is 2.42. The van der Waals surface area contributed by atoms with Gasteiger partial charge in [-0.2, -0.15) is 0 Å². The van der Waals surface area contributed by atoms with Crippen LogP contribution >= 0.6 is 0 Å². The van der Waals surface area contributed by atoms with Crippen LogP contribution in [-0.2, 0) is 16.2 Å². The Bertz CT molecular complexity index is 3160. The molecular formula is C59H48N2. The van der Waals surface area contributed by atoms with Crippen LogP contribution in [0.3, 0.4) is 0 Å². The number of benzene rings is 8. The first-order chi connectivity index (χ1) is 29.5. The van der Waals surface area contributed by atoms with Gasteiger partial charge >= 0.3 is 0 Å². The zero-order valence-electron chi connectivity index (χ0n) is 35.7. The predicted octanol–water partition coefficient (Wildman–Crippen LogP) is 15.7. The van der Waals surface area contributed by atoms with Crippen molar-refractivity contribution >= 4 is 28.0 Å². The molecule has 61 heavy (non-hydrogen) atoms. The normalized spacial score (nSPS) is 15.4. The third kappa shape index (κ3) is 4.97. The molecule has 3 aliphatic rings. The Balaban J connectivity index is 1.09. The summed E-state index contributed by atoms with van der Waals surface area (Å²) in [6, 6.07) is 68.3. The number of fused-ring (bicyclic) bond motifs is 11. The van der Waals surface area contributed by atoms with Crippen LogP contribution in [0, 0.1) is 0 Å². The maximum absolute atomic E-state index is 2.52. The van der Waals surface area contributed by atoms with E-state index in [2.05, 4.69) is 233 Å². The molecule has 1 heterocycles. The fourth-order valence-corrected chi connectivity index (χ4v) is 11.5. The van der Waals surface area contributed by atoms with E-state index in [1.54, 1.807) is 0 Å². The number of nitrogens with zero attached hydrogens (tertiary/aromatic N) is 2. The van der Waals surface area contributed by atoms with Crippen LogP contribution in [0.15, 0.2) is 182 Å². The number of hydrogen-bond donors (Lipinski definition) is 0. The second kappa shape index (κ2) is 12.6. The lowest BCUT2D eigenvalue weighted by Crippen LogP contribution is -2.18. The number of aromatic nitrogens is 1. The molecule has 12 rings (SSSR count). The minimum Gasteiger partial charge on any atom is -0.310 e. The standard InChI is InChI=1S/C59H48N2/c1-57(2)49-21-13-10-18-43(49)45-31-28-41(35-52(45)57)60(42-29-32-46-44-19-11-14-22-50(44)58(3,4)53(46)36-42)40-30-33-54-48(34-40)55-56(47-20-12-15-23-51(47)59(55,5)6)61(54)39-26-24-38(25-27-39)37-16-8-7-9-17-37/h7-36H,1-6H3. The van der Waals surface area contributed by atoms with Gasteiger partial charge in [0.15, 0.2) is 0 Å². The van der Waals surface area contributed by atoms with E-state index in [9.17, 15) is 0 Å². The highest BCUT2D eigenvalue weighted by Crippen LogP contribution is 2.56. The van der Waals surface area contributed by atoms with Gasteiger partial charge in [-0.05, 0) is 121 Å². The van der Waals surface area contributed by atoms with Crippen molar-refractivity contribution in [3.63, 3.8) is 0 Å². The average Bonchev–Trinajstić information content (AvgIpc) is 3.91. The van der Waals surface area contributed by atoms with Crippen molar-refractivity contribution in [2.45, 2.75) is 57.8 Å². The highest BCUT2D eigenvalue weighted by molar-refractivity contribution is 6.02. The van der Waals surface area contributed by atoms with E-state index in [-0.39, 0.29) is 16.2 Å². The number of rotatable bonds is 5. The molecule has 0 atom stereocenters. The van der Waals surface area contributed by atoms with Crippen LogP contribution in [0.5, 0.6) is 0 Å². The predicted molar refractivity (Wildman–Crippen MR) is 256 cm³/mol. The van der Waals surface area contributed by atoms with Crippen LogP contribution < -0.4 is 4.90 Å². The van der Waals surface area contributed by atoms with Gasteiger partial charge in [-0.15, -0.1) is 0 Å². The third-order valence-electron chi connectivity index (χ3n) is 14.6. The van der Waals surface area contributed by atoms with Crippen molar-refractivity contribution in [1.82, 2.24) is 4.57 Å². The molecule has 9 aromatic rings. The first-order valence-electron chi connectivity index (χ1n) is 21.8. The smallest absolute Gasteiger partial charge is 0.0585 e. The monoisotopic (exact) mass is 784 g/mol. The lowest BCUT2D eigenvalue weighted by Gasteiger charge is -2.30. The van der Waals surface area contributed by atoms with E-state index < -0.39 is 0 Å². The molecule has 3 aliphatic carbocycles. The Morgan fingerprint density at radius 3 is 1.38 bits per heavy atom. The van der Waals surface area contributed by atoms with Gasteiger partial charge in [0.1, 0.15) is 0 Å². The summed E-state index contributed by atoms with van der Waals surface area (Å²) in [6.07, 6.45) is 0. The van der Waals surface area contributed by atoms with E-state index in [4.69, 9.17) is 0 Å². The minimum absolute atomic E-state index is 0.122. The molecule has 0 N–H and O–H groups in total. The maximum atomic E-state index is 2.52. The van der Waals surface area contributed by atoms with Crippen molar-refractivity contribution < 1.29 is 0 Å². The van der Waals surface area contributed by atoms with E-state index in [0.717, 1.165) is 5.69 Å². The quantitative estimate of drug-likeness (QED) is 0.169. The molecule has 0 spiro atoms. The number of anilines is 3. The van der Waals surface area contributed by atoms with E-state index in [1.165, 1.54) is 106 Å². The lowest BCUT2D eigenvalue weighted by molar-refractivity contribution is 0.660. The summed E-state index contributed by atoms with van der Waals surface area (Å²) < 4.78 is 2.52. The van der Waals surface area contributed by atoms with E-state index in [1.807, 2.05) is 0 Å². The van der Waals surface area contributed by atoms with Gasteiger partial charge in [0.05, 0.1) is 11.2 Å². The van der Waals surface area contributed by atoms with Crippen molar-refractivity contribution in [1.29, 1.82) is 0 Å². The highest BCUT2D eigenvalue weighted by atomic mass is 15.1. The third-order valence-corrected chi connectivity index (χ3v) is 14.6. The molecule has 0 saturated carbocycles. The topological polar surface area (TPSA) is 8.17 Å². The van der Waals surface area contributed by atoms with Crippen molar-refractivity contribution in [2.24, 2.45) is 0 Å². The molecule has 0 aliphatic heterocycles. The number of hydrogen-bond acceptors (Lipinski definition) is 1. The van der Waals surface area contributed by atoms with Gasteiger partial charge in [-0.3, -0.25) is 0 Å². The Morgan fingerprint density at radius 2 is 0.803 bits per heavy atom. The molecule has 0 unspecified atom stereocenters. The van der Waals surface area contributed by atoms with Gasteiger partial charge in [0, 0.05) is 49.9 Å². The van der Waals surface area contributed by atoms with Crippen LogP contribution in [0.25, 0.3) is 61.2 Å². The first kappa shape index (κ1) is 36.0. The van der Waals surface area contributed by atoms with Gasteiger partial charge in [-0.1, -0.05) is 169 Å². The van der Waals surface area contributed by atoms with Crippen LogP contribution in [0.4, 0.5) is 17.1 Å². The van der Waals surface area contributed by atoms with Crippen molar-refractivity contribution in [3.05, 3.63) is 215 Å². The van der Waals surface area contributed by atoms with Crippen molar-refractivity contribution in [2.75, 3.05) is 4.90 Å². The summed E-state index contributed by atoms with van der Waals surface area (Å²) in [5.41, 5.74) is 24.1. The summed E-state index contributed by atoms with van der Waals surface area (Å²) in [4.78, 5) is 2.52. The van der Waals surface area contributed by atoms with Crippen LogP contribution in [0.2, 0.25) is 0 Å². The Labute approximate surface area is 359 Å². The summed E-state index contributed by atoms with van der Waals surface area (Å²) in [7, 11) is 0. The van der Waals surface area contributed by atoms with Gasteiger partial charge in [-0.25, -0.2) is 0 Å². The summed E-state index contributed by atoms with van der Waals surface area (Å²) in [6.45, 7) is 14.3. The second-order valence-electron chi connectivity index (χ2n) is 19.0. The molecule has 0 saturated heterocycles. The molecule has 294 valence electrons. The molecule has 2 nitrogen and oxygen atoms in total. The largest absolute Gasteiger partial charge is 0.310 e. The first-order valence-corrected chi connectivity index (χ1v) is 21.8. The zero-order valence-corrected chi connectivity index (χ0v) is 35.7. The van der Waals surface area contributed by atoms with Gasteiger partial charge < -0.3 is 9.47 Å². The lowest BCUT2D eigenvalue weighted by atomic mass is 9.81. The van der Waals surface area contributed by atoms with E-state index in [0.29, 0.717) is 0 Å². The minimum atomic E-state index is -0.199. The average molecular weight is 785 g/mol. The van der Waals surface area contributed by atoms with Crippen molar-refractivity contribution in [3.8, 4) is 50.3 Å². The van der Waals surface area contributed by atoms with Gasteiger partial charge in [0.25, 0.3) is 0 Å². The Kier molecular flexibility index (Phi) is 7.41. The van der Waals surface area contributed by atoms with Crippen LogP contribution in [0.1, 0.15) is 74.9 Å². The van der Waals surface area contributed by atoms with E-state index >= 15 is 0 Å². The zero-order chi connectivity index (χ0) is 41.4. The molecule has 2 heteroatoms. The Morgan fingerprint density at radius 1 is 0.361 bits per heavy atom. The summed E-state index contributed by atoms with van der Waals surface area (Å²) in [5, 5.41) is 1.29. The second-order valence-corrected chi connectivity index (χ2v) is 19.0. The maximum Gasteiger partial charge on any atom is 0.0585 e. The van der Waals surface area contributed by atoms with Gasteiger partial charge in [0.2, 0.25) is 0 Å². The molecule has 0 radical (unpaired) electrons. The fraction of sp³-hybridized carbons (Fsp3) is 0.153. The fourth-order valence-electron chi connectivity index (χ4n) is 11.5. The molecule has 1 aromatic heterocycles. The SMILES string of the molecule is CC1(C)c2ccccc2-c2ccc(N(c3ccc4c(c3)C(C)(C)c3ccccc3-4)c3ccc4c(c3)c3c(n4-c4ccc(-c5ccccc5)cc4)-c4ccccc4C3(C)C)cc21. The molecule has 0 fully saturated rings.